The SMILES string of the molecule is C=CCc1cc(C=C(NC=O)OC)ccc1OCC(O)CNC(C)C. The van der Waals surface area contributed by atoms with Crippen LogP contribution in [0.25, 0.3) is 6.08 Å². The predicted octanol–water partition coefficient (Wildman–Crippen LogP) is 1.84. The van der Waals surface area contributed by atoms with Gasteiger partial charge in [0, 0.05) is 18.7 Å². The molecule has 0 aliphatic heterocycles. The molecule has 0 saturated carbocycles. The summed E-state index contributed by atoms with van der Waals surface area (Å²) in [6.45, 7) is 8.49. The highest BCUT2D eigenvalue weighted by molar-refractivity contribution is 5.59. The Labute approximate surface area is 149 Å². The maximum atomic E-state index is 10.5. The Morgan fingerprint density at radius 2 is 2.16 bits per heavy atom. The highest BCUT2D eigenvalue weighted by Crippen LogP contribution is 2.22. The molecule has 3 N–H and O–H groups in total. The standard InChI is InChI=1S/C19H28N2O4/c1-5-6-16-9-15(10-19(24-4)21-13-22)7-8-18(16)25-12-17(23)11-20-14(2)3/h5,7-10,13-14,17,20,23H,1,6,11-12H2,2-4H3,(H,21,22). The van der Waals surface area contributed by atoms with Crippen molar-refractivity contribution >= 4 is 12.5 Å². The van der Waals surface area contributed by atoms with E-state index >= 15 is 0 Å². The van der Waals surface area contributed by atoms with Gasteiger partial charge in [-0.25, -0.2) is 0 Å². The van der Waals surface area contributed by atoms with Gasteiger partial charge in [0.25, 0.3) is 0 Å². The quantitative estimate of drug-likeness (QED) is 0.305. The highest BCUT2D eigenvalue weighted by atomic mass is 16.5. The predicted molar refractivity (Wildman–Crippen MR) is 99.2 cm³/mol. The minimum Gasteiger partial charge on any atom is -0.491 e. The number of ether oxygens (including phenoxy) is 2. The number of hydrogen-bond donors (Lipinski definition) is 3. The molecule has 6 heteroatoms. The van der Waals surface area contributed by atoms with Gasteiger partial charge in [0.2, 0.25) is 6.41 Å². The van der Waals surface area contributed by atoms with Gasteiger partial charge in [-0.2, -0.15) is 0 Å². The summed E-state index contributed by atoms with van der Waals surface area (Å²) in [5, 5.41) is 15.6. The summed E-state index contributed by atoms with van der Waals surface area (Å²) in [6.07, 6.45) is 4.10. The van der Waals surface area contributed by atoms with E-state index in [0.29, 0.717) is 37.1 Å². The lowest BCUT2D eigenvalue weighted by atomic mass is 10.1. The summed E-state index contributed by atoms with van der Waals surface area (Å²) in [5.41, 5.74) is 1.80. The van der Waals surface area contributed by atoms with Gasteiger partial charge in [0.15, 0.2) is 5.88 Å². The Morgan fingerprint density at radius 1 is 1.40 bits per heavy atom. The van der Waals surface area contributed by atoms with Crippen LogP contribution in [0.5, 0.6) is 5.75 Å². The number of benzene rings is 1. The molecule has 25 heavy (non-hydrogen) atoms. The molecule has 1 unspecified atom stereocenters. The third-order valence-electron chi connectivity index (χ3n) is 3.36. The molecule has 0 saturated heterocycles. The van der Waals surface area contributed by atoms with Crippen molar-refractivity contribution in [3.63, 3.8) is 0 Å². The fourth-order valence-corrected chi connectivity index (χ4v) is 2.13. The van der Waals surface area contributed by atoms with E-state index < -0.39 is 6.10 Å². The highest BCUT2D eigenvalue weighted by Gasteiger charge is 2.09. The number of carbonyl (C=O) groups is 1. The molecule has 0 spiro atoms. The number of aliphatic hydroxyl groups is 1. The zero-order valence-corrected chi connectivity index (χ0v) is 15.1. The van der Waals surface area contributed by atoms with Crippen molar-refractivity contribution < 1.29 is 19.4 Å². The van der Waals surface area contributed by atoms with Crippen LogP contribution in [0.1, 0.15) is 25.0 Å². The van der Waals surface area contributed by atoms with Gasteiger partial charge >= 0.3 is 0 Å². The van der Waals surface area contributed by atoms with E-state index in [1.165, 1.54) is 7.11 Å². The molecule has 138 valence electrons. The van der Waals surface area contributed by atoms with E-state index in [2.05, 4.69) is 17.2 Å². The van der Waals surface area contributed by atoms with E-state index in [1.807, 2.05) is 32.0 Å². The number of rotatable bonds is 12. The lowest BCUT2D eigenvalue weighted by Crippen LogP contribution is -2.35. The van der Waals surface area contributed by atoms with Crippen molar-refractivity contribution in [1.82, 2.24) is 10.6 Å². The van der Waals surface area contributed by atoms with E-state index in [1.54, 1.807) is 12.2 Å². The fourth-order valence-electron chi connectivity index (χ4n) is 2.13. The van der Waals surface area contributed by atoms with E-state index in [0.717, 1.165) is 11.1 Å². The number of hydrogen-bond acceptors (Lipinski definition) is 5. The number of allylic oxidation sites excluding steroid dienone is 1. The summed E-state index contributed by atoms with van der Waals surface area (Å²) in [7, 11) is 1.48. The summed E-state index contributed by atoms with van der Waals surface area (Å²) >= 11 is 0. The minimum absolute atomic E-state index is 0.203. The van der Waals surface area contributed by atoms with E-state index in [-0.39, 0.29) is 6.61 Å². The summed E-state index contributed by atoms with van der Waals surface area (Å²) in [5.74, 6) is 1.05. The van der Waals surface area contributed by atoms with Gasteiger partial charge in [0.1, 0.15) is 18.5 Å². The average Bonchev–Trinajstić information content (AvgIpc) is 2.59. The third-order valence-corrected chi connectivity index (χ3v) is 3.36. The van der Waals surface area contributed by atoms with Crippen LogP contribution in [-0.2, 0) is 16.0 Å². The lowest BCUT2D eigenvalue weighted by Gasteiger charge is -2.17. The Bertz CT molecular complexity index is 585. The molecular weight excluding hydrogens is 320 g/mol. The molecule has 1 atom stereocenters. The summed E-state index contributed by atoms with van der Waals surface area (Å²) in [4.78, 5) is 10.5. The Balaban J connectivity index is 2.83. The molecule has 0 aliphatic carbocycles. The Kier molecular flexibility index (Phi) is 9.36. The summed E-state index contributed by atoms with van der Waals surface area (Å²) in [6, 6.07) is 5.93. The zero-order valence-electron chi connectivity index (χ0n) is 15.1. The first-order valence-electron chi connectivity index (χ1n) is 8.24. The third kappa shape index (κ3) is 7.87. The van der Waals surface area contributed by atoms with Gasteiger partial charge in [-0.15, -0.1) is 6.58 Å². The molecule has 0 aromatic heterocycles. The number of nitrogens with one attached hydrogen (secondary N) is 2. The van der Waals surface area contributed by atoms with Gasteiger partial charge in [-0.1, -0.05) is 26.0 Å². The van der Waals surface area contributed by atoms with Crippen LogP contribution in [0.15, 0.2) is 36.7 Å². The first-order valence-corrected chi connectivity index (χ1v) is 8.24. The molecule has 6 nitrogen and oxygen atoms in total. The molecular formula is C19H28N2O4. The smallest absolute Gasteiger partial charge is 0.213 e. The monoisotopic (exact) mass is 348 g/mol. The molecule has 0 radical (unpaired) electrons. The van der Waals surface area contributed by atoms with Gasteiger partial charge in [0.05, 0.1) is 7.11 Å². The Morgan fingerprint density at radius 3 is 2.76 bits per heavy atom. The zero-order chi connectivity index (χ0) is 18.7. The second kappa shape index (κ2) is 11.3. The summed E-state index contributed by atoms with van der Waals surface area (Å²) < 4.78 is 10.8. The Hall–Kier alpha value is -2.31. The molecule has 0 aliphatic rings. The van der Waals surface area contributed by atoms with E-state index in [4.69, 9.17) is 9.47 Å². The first kappa shape index (κ1) is 20.7. The van der Waals surface area contributed by atoms with Crippen molar-refractivity contribution in [1.29, 1.82) is 0 Å². The largest absolute Gasteiger partial charge is 0.491 e. The molecule has 1 rings (SSSR count). The van der Waals surface area contributed by atoms with Gasteiger partial charge in [-0.05, 0) is 29.7 Å². The average molecular weight is 348 g/mol. The van der Waals surface area contributed by atoms with Crippen LogP contribution in [0.3, 0.4) is 0 Å². The molecule has 0 heterocycles. The van der Waals surface area contributed by atoms with Crippen LogP contribution in [0, 0.1) is 0 Å². The van der Waals surface area contributed by atoms with Crippen molar-refractivity contribution in [2.45, 2.75) is 32.4 Å². The number of methoxy groups -OCH3 is 1. The second-order valence-corrected chi connectivity index (χ2v) is 5.86. The van der Waals surface area contributed by atoms with Crippen molar-refractivity contribution in [3.05, 3.63) is 47.9 Å². The van der Waals surface area contributed by atoms with Crippen LogP contribution in [0.2, 0.25) is 0 Å². The number of carbonyl (C=O) groups excluding carboxylic acids is 1. The van der Waals surface area contributed by atoms with Crippen LogP contribution in [-0.4, -0.2) is 43.9 Å². The number of amides is 1. The van der Waals surface area contributed by atoms with Crippen molar-refractivity contribution in [3.8, 4) is 5.75 Å². The van der Waals surface area contributed by atoms with Crippen LogP contribution >= 0.6 is 0 Å². The fraction of sp³-hybridized carbons (Fsp3) is 0.421. The van der Waals surface area contributed by atoms with E-state index in [9.17, 15) is 9.90 Å². The maximum absolute atomic E-state index is 10.5. The maximum Gasteiger partial charge on any atom is 0.213 e. The van der Waals surface area contributed by atoms with Crippen molar-refractivity contribution in [2.24, 2.45) is 0 Å². The number of aliphatic hydroxyl groups excluding tert-OH is 1. The van der Waals surface area contributed by atoms with Crippen LogP contribution in [0.4, 0.5) is 0 Å². The van der Waals surface area contributed by atoms with Crippen LogP contribution < -0.4 is 15.4 Å². The lowest BCUT2D eigenvalue weighted by molar-refractivity contribution is -0.109. The van der Waals surface area contributed by atoms with Gasteiger partial charge in [-0.3, -0.25) is 10.1 Å². The van der Waals surface area contributed by atoms with Gasteiger partial charge < -0.3 is 19.9 Å². The molecule has 0 fully saturated rings. The van der Waals surface area contributed by atoms with Crippen molar-refractivity contribution in [2.75, 3.05) is 20.3 Å². The second-order valence-electron chi connectivity index (χ2n) is 5.86. The molecule has 1 aromatic rings. The normalized spacial score (nSPS) is 12.6. The molecule has 1 aromatic carbocycles. The molecule has 0 bridgehead atoms. The molecule has 1 amide bonds. The first-order chi connectivity index (χ1) is 12.0. The minimum atomic E-state index is -0.588. The topological polar surface area (TPSA) is 79.8 Å².